The molecule has 1 atom stereocenters. The van der Waals surface area contributed by atoms with E-state index in [2.05, 4.69) is 41.4 Å². The largest absolute Gasteiger partial charge is 0.376 e. The number of aryl methyl sites for hydroxylation is 1. The summed E-state index contributed by atoms with van der Waals surface area (Å²) in [5, 5.41) is 6.71. The zero-order valence-corrected chi connectivity index (χ0v) is 12.3. The van der Waals surface area contributed by atoms with E-state index in [-0.39, 0.29) is 5.54 Å². The highest BCUT2D eigenvalue weighted by Crippen LogP contribution is 2.17. The van der Waals surface area contributed by atoms with Gasteiger partial charge in [0.2, 0.25) is 0 Å². The Labute approximate surface area is 115 Å². The summed E-state index contributed by atoms with van der Waals surface area (Å²) < 4.78 is 5.59. The van der Waals surface area contributed by atoms with Gasteiger partial charge in [-0.2, -0.15) is 0 Å². The standard InChI is InChI=1S/C14H24N4O/c1-10-16-12(15-9-11-6-5-7-19-11)8-13(17-10)18-14(2,3)4/h8,11H,5-7,9H2,1-4H3,(H2,15,16,17,18). The van der Waals surface area contributed by atoms with Crippen molar-refractivity contribution in [2.75, 3.05) is 23.8 Å². The van der Waals surface area contributed by atoms with Gasteiger partial charge < -0.3 is 15.4 Å². The summed E-state index contributed by atoms with van der Waals surface area (Å²) in [5.74, 6) is 2.48. The molecule has 1 aromatic heterocycles. The molecule has 0 amide bonds. The van der Waals surface area contributed by atoms with Gasteiger partial charge in [-0.05, 0) is 40.5 Å². The number of nitrogens with one attached hydrogen (secondary N) is 2. The average Bonchev–Trinajstić information content (AvgIpc) is 2.75. The van der Waals surface area contributed by atoms with Crippen LogP contribution in [-0.2, 0) is 4.74 Å². The van der Waals surface area contributed by atoms with Crippen LogP contribution in [0, 0.1) is 6.92 Å². The van der Waals surface area contributed by atoms with Crippen LogP contribution in [0.25, 0.3) is 0 Å². The lowest BCUT2D eigenvalue weighted by Gasteiger charge is -2.22. The molecule has 0 aromatic carbocycles. The van der Waals surface area contributed by atoms with Crippen molar-refractivity contribution >= 4 is 11.6 Å². The van der Waals surface area contributed by atoms with Crippen LogP contribution >= 0.6 is 0 Å². The highest BCUT2D eigenvalue weighted by molar-refractivity contribution is 5.48. The Bertz CT molecular complexity index is 422. The van der Waals surface area contributed by atoms with Gasteiger partial charge in [0.15, 0.2) is 0 Å². The Hall–Kier alpha value is -1.36. The Balaban J connectivity index is 1.99. The van der Waals surface area contributed by atoms with Crippen LogP contribution in [0.4, 0.5) is 11.6 Å². The lowest BCUT2D eigenvalue weighted by atomic mass is 10.1. The molecule has 0 bridgehead atoms. The van der Waals surface area contributed by atoms with E-state index < -0.39 is 0 Å². The van der Waals surface area contributed by atoms with Gasteiger partial charge in [-0.3, -0.25) is 0 Å². The summed E-state index contributed by atoms with van der Waals surface area (Å²) in [4.78, 5) is 8.81. The summed E-state index contributed by atoms with van der Waals surface area (Å²) in [5.41, 5.74) is -0.00731. The van der Waals surface area contributed by atoms with Crippen LogP contribution in [0.3, 0.4) is 0 Å². The fourth-order valence-electron chi connectivity index (χ4n) is 2.13. The van der Waals surface area contributed by atoms with Crippen LogP contribution in [-0.4, -0.2) is 34.8 Å². The van der Waals surface area contributed by atoms with E-state index in [9.17, 15) is 0 Å². The van der Waals surface area contributed by atoms with Crippen LogP contribution in [0.1, 0.15) is 39.4 Å². The Morgan fingerprint density at radius 2 is 2.05 bits per heavy atom. The molecule has 5 heteroatoms. The van der Waals surface area contributed by atoms with Crippen molar-refractivity contribution in [2.45, 2.75) is 52.2 Å². The molecule has 1 aliphatic rings. The van der Waals surface area contributed by atoms with Crippen LogP contribution < -0.4 is 10.6 Å². The molecule has 2 heterocycles. The minimum Gasteiger partial charge on any atom is -0.376 e. The summed E-state index contributed by atoms with van der Waals surface area (Å²) in [7, 11) is 0. The van der Waals surface area contributed by atoms with Gasteiger partial charge in [0.25, 0.3) is 0 Å². The average molecular weight is 264 g/mol. The normalized spacial score (nSPS) is 19.5. The molecular weight excluding hydrogens is 240 g/mol. The third-order valence-corrected chi connectivity index (χ3v) is 2.88. The molecule has 1 aliphatic heterocycles. The predicted octanol–water partition coefficient (Wildman–Crippen LogP) is 2.59. The first-order chi connectivity index (χ1) is 8.92. The van der Waals surface area contributed by atoms with Crippen molar-refractivity contribution in [2.24, 2.45) is 0 Å². The van der Waals surface area contributed by atoms with E-state index in [4.69, 9.17) is 4.74 Å². The zero-order valence-electron chi connectivity index (χ0n) is 12.3. The Kier molecular flexibility index (Phi) is 4.24. The van der Waals surface area contributed by atoms with Gasteiger partial charge >= 0.3 is 0 Å². The fourth-order valence-corrected chi connectivity index (χ4v) is 2.13. The molecule has 19 heavy (non-hydrogen) atoms. The van der Waals surface area contributed by atoms with Gasteiger partial charge in [0.05, 0.1) is 6.10 Å². The molecule has 0 spiro atoms. The molecule has 1 fully saturated rings. The maximum atomic E-state index is 5.59. The second kappa shape index (κ2) is 5.74. The van der Waals surface area contributed by atoms with E-state index in [1.165, 1.54) is 0 Å². The SMILES string of the molecule is Cc1nc(NCC2CCCO2)cc(NC(C)(C)C)n1. The van der Waals surface area contributed by atoms with E-state index in [0.29, 0.717) is 6.10 Å². The first kappa shape index (κ1) is 14.1. The third kappa shape index (κ3) is 4.67. The molecule has 2 N–H and O–H groups in total. The highest BCUT2D eigenvalue weighted by atomic mass is 16.5. The number of anilines is 2. The van der Waals surface area contributed by atoms with Crippen LogP contribution in [0.15, 0.2) is 6.07 Å². The number of hydrogen-bond acceptors (Lipinski definition) is 5. The van der Waals surface area contributed by atoms with Gasteiger partial charge in [-0.1, -0.05) is 0 Å². The molecule has 1 saturated heterocycles. The molecule has 0 saturated carbocycles. The molecule has 5 nitrogen and oxygen atoms in total. The van der Waals surface area contributed by atoms with Crippen molar-refractivity contribution < 1.29 is 4.74 Å². The molecule has 0 radical (unpaired) electrons. The van der Waals surface area contributed by atoms with E-state index in [1.54, 1.807) is 0 Å². The van der Waals surface area contributed by atoms with Crippen molar-refractivity contribution in [3.63, 3.8) is 0 Å². The lowest BCUT2D eigenvalue weighted by molar-refractivity contribution is 0.120. The quantitative estimate of drug-likeness (QED) is 0.875. The van der Waals surface area contributed by atoms with Gasteiger partial charge in [0.1, 0.15) is 17.5 Å². The van der Waals surface area contributed by atoms with E-state index in [0.717, 1.165) is 43.5 Å². The first-order valence-corrected chi connectivity index (χ1v) is 6.92. The summed E-state index contributed by atoms with van der Waals surface area (Å²) in [6.07, 6.45) is 2.60. The van der Waals surface area contributed by atoms with Crippen molar-refractivity contribution in [1.82, 2.24) is 9.97 Å². The van der Waals surface area contributed by atoms with E-state index in [1.807, 2.05) is 13.0 Å². The third-order valence-electron chi connectivity index (χ3n) is 2.88. The van der Waals surface area contributed by atoms with Crippen LogP contribution in [0.5, 0.6) is 0 Å². The Morgan fingerprint density at radius 3 is 2.68 bits per heavy atom. The number of rotatable bonds is 4. The molecule has 0 aliphatic carbocycles. The number of aromatic nitrogens is 2. The zero-order chi connectivity index (χ0) is 13.9. The molecule has 106 valence electrons. The number of nitrogens with zero attached hydrogens (tertiary/aromatic N) is 2. The number of ether oxygens (including phenoxy) is 1. The van der Waals surface area contributed by atoms with Crippen molar-refractivity contribution in [3.05, 3.63) is 11.9 Å². The maximum absolute atomic E-state index is 5.59. The second-order valence-corrected chi connectivity index (χ2v) is 6.08. The molecule has 2 rings (SSSR count). The molecule has 1 aromatic rings. The predicted molar refractivity (Wildman–Crippen MR) is 77.6 cm³/mol. The lowest BCUT2D eigenvalue weighted by Crippen LogP contribution is -2.27. The highest BCUT2D eigenvalue weighted by Gasteiger charge is 2.16. The maximum Gasteiger partial charge on any atom is 0.132 e. The fraction of sp³-hybridized carbons (Fsp3) is 0.714. The van der Waals surface area contributed by atoms with Crippen molar-refractivity contribution in [1.29, 1.82) is 0 Å². The summed E-state index contributed by atoms with van der Waals surface area (Å²) in [6, 6.07) is 1.95. The monoisotopic (exact) mass is 264 g/mol. The summed E-state index contributed by atoms with van der Waals surface area (Å²) >= 11 is 0. The van der Waals surface area contributed by atoms with Gasteiger partial charge in [0, 0.05) is 24.8 Å². The van der Waals surface area contributed by atoms with Gasteiger partial charge in [-0.15, -0.1) is 0 Å². The first-order valence-electron chi connectivity index (χ1n) is 6.92. The summed E-state index contributed by atoms with van der Waals surface area (Å²) in [6.45, 7) is 9.94. The van der Waals surface area contributed by atoms with Gasteiger partial charge in [-0.25, -0.2) is 9.97 Å². The van der Waals surface area contributed by atoms with E-state index >= 15 is 0 Å². The second-order valence-electron chi connectivity index (χ2n) is 6.08. The van der Waals surface area contributed by atoms with Crippen LogP contribution in [0.2, 0.25) is 0 Å². The Morgan fingerprint density at radius 1 is 1.32 bits per heavy atom. The van der Waals surface area contributed by atoms with Crippen molar-refractivity contribution in [3.8, 4) is 0 Å². The minimum absolute atomic E-state index is 0.00731. The minimum atomic E-state index is -0.00731. The number of hydrogen-bond donors (Lipinski definition) is 2. The topological polar surface area (TPSA) is 59.1 Å². The molecule has 1 unspecified atom stereocenters. The smallest absolute Gasteiger partial charge is 0.132 e. The molecular formula is C14H24N4O.